The summed E-state index contributed by atoms with van der Waals surface area (Å²) in [5.74, 6) is 0.560. The number of hydrogen-bond acceptors (Lipinski definition) is 6. The van der Waals surface area contributed by atoms with Gasteiger partial charge in [0.15, 0.2) is 0 Å². The number of likely N-dealkylation sites (N-methyl/N-ethyl adjacent to an activating group) is 1. The molecule has 94 valence electrons. The first-order valence-electron chi connectivity index (χ1n) is 5.04. The monoisotopic (exact) mass is 264 g/mol. The molecule has 3 N–H and O–H groups in total. The van der Waals surface area contributed by atoms with Crippen LogP contribution in [0.25, 0.3) is 0 Å². The molecule has 0 saturated heterocycles. The lowest BCUT2D eigenvalue weighted by Gasteiger charge is -2.29. The van der Waals surface area contributed by atoms with Crippen molar-refractivity contribution in [1.82, 2.24) is 5.32 Å². The molecule has 0 aromatic heterocycles. The van der Waals surface area contributed by atoms with Crippen LogP contribution in [0.5, 0.6) is 0 Å². The minimum atomic E-state index is -0.419. The van der Waals surface area contributed by atoms with E-state index in [0.29, 0.717) is 5.75 Å². The Hall–Kier alpha value is -0.0400. The Labute approximate surface area is 105 Å². The van der Waals surface area contributed by atoms with Crippen molar-refractivity contribution >= 4 is 33.7 Å². The van der Waals surface area contributed by atoms with E-state index in [1.807, 2.05) is 13.8 Å². The Bertz CT molecular complexity index is 247. The Morgan fingerprint density at radius 1 is 1.56 bits per heavy atom. The average molecular weight is 264 g/mol. The Kier molecular flexibility index (Phi) is 7.30. The van der Waals surface area contributed by atoms with E-state index in [1.54, 1.807) is 17.8 Å². The summed E-state index contributed by atoms with van der Waals surface area (Å²) in [5.41, 5.74) is 5.62. The summed E-state index contributed by atoms with van der Waals surface area (Å²) in [6, 6.07) is -0.629. The molecule has 4 nitrogen and oxygen atoms in total. The van der Waals surface area contributed by atoms with Crippen molar-refractivity contribution in [3.63, 3.8) is 0 Å². The molecule has 0 rings (SSSR count). The van der Waals surface area contributed by atoms with Crippen LogP contribution in [0.1, 0.15) is 20.8 Å². The van der Waals surface area contributed by atoms with Gasteiger partial charge < -0.3 is 15.8 Å². The van der Waals surface area contributed by atoms with Crippen LogP contribution >= 0.6 is 21.6 Å². The van der Waals surface area contributed by atoms with E-state index < -0.39 is 6.04 Å². The van der Waals surface area contributed by atoms with Gasteiger partial charge in [-0.3, -0.25) is 4.79 Å². The van der Waals surface area contributed by atoms with Crippen LogP contribution in [0.4, 0.5) is 0 Å². The predicted octanol–water partition coefficient (Wildman–Crippen LogP) is 0.850. The molecule has 0 aliphatic heterocycles. The maximum atomic E-state index is 10.9. The molecule has 0 aliphatic rings. The van der Waals surface area contributed by atoms with Gasteiger partial charge in [-0.25, -0.2) is 0 Å². The summed E-state index contributed by atoms with van der Waals surface area (Å²) in [4.78, 5) is 21.8. The zero-order chi connectivity index (χ0) is 12.8. The summed E-state index contributed by atoms with van der Waals surface area (Å²) >= 11 is 0. The van der Waals surface area contributed by atoms with Crippen LogP contribution in [-0.4, -0.2) is 41.7 Å². The minimum absolute atomic E-state index is 0.00791. The third kappa shape index (κ3) is 5.34. The van der Waals surface area contributed by atoms with Crippen LogP contribution in [0.3, 0.4) is 0 Å². The van der Waals surface area contributed by atoms with Crippen LogP contribution in [-0.2, 0) is 9.59 Å². The van der Waals surface area contributed by atoms with E-state index in [-0.39, 0.29) is 16.6 Å². The summed E-state index contributed by atoms with van der Waals surface area (Å²) in [6.07, 6.45) is 0.901. The SMILES string of the molecule is CNC(C=O)C(C)(C)SSC[C@H](N)C(C)=O. The highest BCUT2D eigenvalue weighted by Gasteiger charge is 2.29. The Morgan fingerprint density at radius 3 is 2.50 bits per heavy atom. The zero-order valence-corrected chi connectivity index (χ0v) is 11.8. The highest BCUT2D eigenvalue weighted by molar-refractivity contribution is 8.77. The van der Waals surface area contributed by atoms with Crippen molar-refractivity contribution in [1.29, 1.82) is 0 Å². The number of nitrogens with one attached hydrogen (secondary N) is 1. The van der Waals surface area contributed by atoms with Crippen molar-refractivity contribution in [3.8, 4) is 0 Å². The molecule has 6 heteroatoms. The topological polar surface area (TPSA) is 72.2 Å². The second-order valence-corrected chi connectivity index (χ2v) is 7.09. The van der Waals surface area contributed by atoms with Gasteiger partial charge in [-0.15, -0.1) is 0 Å². The van der Waals surface area contributed by atoms with Crippen LogP contribution in [0.2, 0.25) is 0 Å². The predicted molar refractivity (Wildman–Crippen MR) is 71.7 cm³/mol. The van der Waals surface area contributed by atoms with Gasteiger partial charge in [0.2, 0.25) is 0 Å². The lowest BCUT2D eigenvalue weighted by molar-refractivity contribution is -0.117. The first-order valence-corrected chi connectivity index (χ1v) is 7.36. The van der Waals surface area contributed by atoms with E-state index in [0.717, 1.165) is 6.29 Å². The quantitative estimate of drug-likeness (QED) is 0.500. The molecule has 0 aromatic carbocycles. The fourth-order valence-corrected chi connectivity index (χ4v) is 3.90. The van der Waals surface area contributed by atoms with E-state index in [4.69, 9.17) is 5.73 Å². The van der Waals surface area contributed by atoms with Gasteiger partial charge in [0.1, 0.15) is 12.1 Å². The number of Topliss-reactive ketones (excluding diaryl/α,β-unsaturated/α-hetero) is 1. The van der Waals surface area contributed by atoms with Crippen molar-refractivity contribution < 1.29 is 9.59 Å². The molecule has 1 unspecified atom stereocenters. The second kappa shape index (κ2) is 7.32. The fourth-order valence-electron chi connectivity index (χ4n) is 1.01. The maximum Gasteiger partial charge on any atom is 0.147 e. The average Bonchev–Trinajstić information content (AvgIpc) is 2.18. The lowest BCUT2D eigenvalue weighted by Crippen LogP contribution is -2.43. The summed E-state index contributed by atoms with van der Waals surface area (Å²) < 4.78 is -0.225. The number of carbonyl (C=O) groups excluding carboxylic acids is 2. The third-order valence-electron chi connectivity index (χ3n) is 2.24. The number of nitrogens with two attached hydrogens (primary N) is 1. The molecule has 0 fully saturated rings. The second-order valence-electron chi connectivity index (χ2n) is 4.09. The number of hydrogen-bond donors (Lipinski definition) is 2. The van der Waals surface area contributed by atoms with Crippen molar-refractivity contribution in [2.75, 3.05) is 12.8 Å². The molecule has 16 heavy (non-hydrogen) atoms. The van der Waals surface area contributed by atoms with Crippen LogP contribution in [0, 0.1) is 0 Å². The zero-order valence-electron chi connectivity index (χ0n) is 10.1. The molecule has 2 atom stereocenters. The largest absolute Gasteiger partial charge is 0.321 e. The van der Waals surface area contributed by atoms with Crippen molar-refractivity contribution in [2.45, 2.75) is 37.6 Å². The molecule has 0 heterocycles. The molecule has 0 spiro atoms. The Morgan fingerprint density at radius 2 is 2.12 bits per heavy atom. The van der Waals surface area contributed by atoms with Crippen LogP contribution < -0.4 is 11.1 Å². The van der Waals surface area contributed by atoms with Gasteiger partial charge in [0.05, 0.1) is 12.1 Å². The third-order valence-corrected chi connectivity index (χ3v) is 5.59. The van der Waals surface area contributed by atoms with E-state index in [1.165, 1.54) is 17.7 Å². The van der Waals surface area contributed by atoms with Crippen molar-refractivity contribution in [3.05, 3.63) is 0 Å². The first-order chi connectivity index (χ1) is 7.35. The van der Waals surface area contributed by atoms with E-state index in [9.17, 15) is 9.59 Å². The molecule has 0 saturated carbocycles. The van der Waals surface area contributed by atoms with Crippen LogP contribution in [0.15, 0.2) is 0 Å². The minimum Gasteiger partial charge on any atom is -0.321 e. The van der Waals surface area contributed by atoms with Gasteiger partial charge in [-0.2, -0.15) is 0 Å². The summed E-state index contributed by atoms with van der Waals surface area (Å²) in [6.45, 7) is 5.46. The molecule has 0 radical (unpaired) electrons. The number of ketones is 1. The number of carbonyl (C=O) groups is 2. The molecular weight excluding hydrogens is 244 g/mol. The molecule has 0 amide bonds. The smallest absolute Gasteiger partial charge is 0.147 e. The number of rotatable bonds is 8. The first kappa shape index (κ1) is 16.0. The Balaban J connectivity index is 4.08. The maximum absolute atomic E-state index is 10.9. The fraction of sp³-hybridized carbons (Fsp3) is 0.800. The summed E-state index contributed by atoms with van der Waals surface area (Å²) in [5, 5.41) is 2.95. The highest BCUT2D eigenvalue weighted by Crippen LogP contribution is 2.37. The molecule has 0 aromatic rings. The standard InChI is InChI=1S/C10H20N2O2S2/c1-7(14)8(11)6-15-16-10(2,3)9(5-13)12-4/h5,8-9,12H,6,11H2,1-4H3/t8-,9?/m0/s1. The number of aldehydes is 1. The van der Waals surface area contributed by atoms with Gasteiger partial charge in [0, 0.05) is 10.5 Å². The van der Waals surface area contributed by atoms with E-state index >= 15 is 0 Å². The van der Waals surface area contributed by atoms with Gasteiger partial charge in [-0.05, 0) is 27.8 Å². The molecular formula is C10H20N2O2S2. The van der Waals surface area contributed by atoms with E-state index in [2.05, 4.69) is 5.32 Å². The highest BCUT2D eigenvalue weighted by atomic mass is 33.1. The normalized spacial score (nSPS) is 15.6. The summed E-state index contributed by atoms with van der Waals surface area (Å²) in [7, 11) is 4.86. The van der Waals surface area contributed by atoms with Gasteiger partial charge in [0.25, 0.3) is 0 Å². The lowest BCUT2D eigenvalue weighted by atomic mass is 10.1. The van der Waals surface area contributed by atoms with Gasteiger partial charge >= 0.3 is 0 Å². The van der Waals surface area contributed by atoms with Crippen molar-refractivity contribution in [2.24, 2.45) is 5.73 Å². The molecule has 0 bridgehead atoms. The molecule has 0 aliphatic carbocycles. The van der Waals surface area contributed by atoms with Gasteiger partial charge in [-0.1, -0.05) is 21.6 Å².